The third-order valence-corrected chi connectivity index (χ3v) is 2.95. The van der Waals surface area contributed by atoms with Gasteiger partial charge in [0.15, 0.2) is 11.5 Å². The molecule has 8 nitrogen and oxygen atoms in total. The van der Waals surface area contributed by atoms with E-state index < -0.39 is 46.6 Å². The molecule has 0 aromatic heterocycles. The van der Waals surface area contributed by atoms with Crippen molar-refractivity contribution in [1.82, 2.24) is 0 Å². The van der Waals surface area contributed by atoms with Crippen molar-refractivity contribution in [3.05, 3.63) is 18.2 Å². The predicted octanol–water partition coefficient (Wildman–Crippen LogP) is -0.558. The van der Waals surface area contributed by atoms with E-state index in [1.54, 1.807) is 6.07 Å². The Labute approximate surface area is 112 Å². The van der Waals surface area contributed by atoms with Gasteiger partial charge in [-0.05, 0) is 6.08 Å². The number of phenols is 4. The third-order valence-electron chi connectivity index (χ3n) is 2.95. The average molecular weight is 281 g/mol. The zero-order valence-electron chi connectivity index (χ0n) is 9.93. The molecule has 1 aromatic rings. The summed E-state index contributed by atoms with van der Waals surface area (Å²) in [4.78, 5) is 0. The summed E-state index contributed by atoms with van der Waals surface area (Å²) in [6.45, 7) is 0. The molecular formula is C12H11NO7. The van der Waals surface area contributed by atoms with E-state index in [9.17, 15) is 30.6 Å². The number of benzene rings is 1. The summed E-state index contributed by atoms with van der Waals surface area (Å²) >= 11 is 0. The number of hydrogen-bond donors (Lipinski definition) is 6. The van der Waals surface area contributed by atoms with Gasteiger partial charge < -0.3 is 35.4 Å². The van der Waals surface area contributed by atoms with Crippen LogP contribution in [0.4, 0.5) is 0 Å². The van der Waals surface area contributed by atoms with Gasteiger partial charge in [0.05, 0.1) is 0 Å². The molecule has 0 spiro atoms. The van der Waals surface area contributed by atoms with E-state index in [-0.39, 0.29) is 0 Å². The summed E-state index contributed by atoms with van der Waals surface area (Å²) in [5.74, 6) is -4.25. The van der Waals surface area contributed by atoms with Gasteiger partial charge in [0.1, 0.15) is 18.3 Å². The SMILES string of the molecule is N#CC1(Oc2cc(O)c(O)c(O)c2O)C=CC(O)C1O. The first-order valence-corrected chi connectivity index (χ1v) is 5.45. The molecule has 0 fully saturated rings. The number of nitriles is 1. The standard InChI is InChI=1S/C12H11NO7/c13-4-12(2-1-5(14)11(12)19)20-7-3-6(15)8(16)10(18)9(7)17/h1-3,5,11,14-19H. The van der Waals surface area contributed by atoms with Crippen LogP contribution in [0.1, 0.15) is 0 Å². The number of aromatic hydroxyl groups is 4. The van der Waals surface area contributed by atoms with Gasteiger partial charge in [0, 0.05) is 6.07 Å². The molecule has 1 aliphatic carbocycles. The van der Waals surface area contributed by atoms with Crippen LogP contribution in [-0.2, 0) is 0 Å². The lowest BCUT2D eigenvalue weighted by molar-refractivity contribution is -0.0303. The monoisotopic (exact) mass is 281 g/mol. The summed E-state index contributed by atoms with van der Waals surface area (Å²) in [6.07, 6.45) is -0.741. The molecule has 8 heteroatoms. The van der Waals surface area contributed by atoms with Gasteiger partial charge in [0.2, 0.25) is 22.8 Å². The molecule has 0 aliphatic heterocycles. The van der Waals surface area contributed by atoms with Crippen molar-refractivity contribution in [2.24, 2.45) is 0 Å². The van der Waals surface area contributed by atoms with Gasteiger partial charge in [-0.3, -0.25) is 0 Å². The molecule has 3 atom stereocenters. The lowest BCUT2D eigenvalue weighted by Gasteiger charge is -2.27. The molecule has 0 radical (unpaired) electrons. The first kappa shape index (κ1) is 13.8. The number of rotatable bonds is 2. The van der Waals surface area contributed by atoms with Gasteiger partial charge in [0.25, 0.3) is 0 Å². The Morgan fingerprint density at radius 1 is 1.10 bits per heavy atom. The molecule has 2 rings (SSSR count). The molecule has 0 saturated heterocycles. The quantitative estimate of drug-likeness (QED) is 0.239. The van der Waals surface area contributed by atoms with Gasteiger partial charge in [-0.15, -0.1) is 0 Å². The van der Waals surface area contributed by atoms with E-state index in [2.05, 4.69) is 0 Å². The normalized spacial score (nSPS) is 28.2. The van der Waals surface area contributed by atoms with Crippen LogP contribution >= 0.6 is 0 Å². The van der Waals surface area contributed by atoms with Crippen molar-refractivity contribution in [1.29, 1.82) is 5.26 Å². The van der Waals surface area contributed by atoms with Gasteiger partial charge >= 0.3 is 0 Å². The fraction of sp³-hybridized carbons (Fsp3) is 0.250. The van der Waals surface area contributed by atoms with Crippen molar-refractivity contribution in [3.63, 3.8) is 0 Å². The van der Waals surface area contributed by atoms with Gasteiger partial charge in [-0.1, -0.05) is 6.08 Å². The molecule has 20 heavy (non-hydrogen) atoms. The highest BCUT2D eigenvalue weighted by molar-refractivity contribution is 5.63. The van der Waals surface area contributed by atoms with Crippen LogP contribution < -0.4 is 4.74 Å². The minimum Gasteiger partial charge on any atom is -0.504 e. The molecule has 0 amide bonds. The molecule has 3 unspecified atom stereocenters. The van der Waals surface area contributed by atoms with Gasteiger partial charge in [-0.25, -0.2) is 0 Å². The number of aliphatic hydroxyl groups excluding tert-OH is 2. The van der Waals surface area contributed by atoms with E-state index in [0.29, 0.717) is 0 Å². The second-order valence-corrected chi connectivity index (χ2v) is 4.24. The Kier molecular flexibility index (Phi) is 3.09. The lowest BCUT2D eigenvalue weighted by Crippen LogP contribution is -2.46. The van der Waals surface area contributed by atoms with Crippen molar-refractivity contribution in [2.45, 2.75) is 17.8 Å². The fourth-order valence-corrected chi connectivity index (χ4v) is 1.79. The largest absolute Gasteiger partial charge is 0.504 e. The third kappa shape index (κ3) is 1.85. The minimum absolute atomic E-state index is 0.544. The molecule has 6 N–H and O–H groups in total. The summed E-state index contributed by atoms with van der Waals surface area (Å²) in [7, 11) is 0. The Morgan fingerprint density at radius 3 is 2.25 bits per heavy atom. The maximum atomic E-state index is 9.74. The van der Waals surface area contributed by atoms with Crippen LogP contribution in [0.3, 0.4) is 0 Å². The number of aliphatic hydroxyl groups is 2. The van der Waals surface area contributed by atoms with Crippen molar-refractivity contribution in [3.8, 4) is 34.8 Å². The van der Waals surface area contributed by atoms with E-state index in [4.69, 9.17) is 10.00 Å². The van der Waals surface area contributed by atoms with Gasteiger partial charge in [-0.2, -0.15) is 5.26 Å². The Morgan fingerprint density at radius 2 is 1.75 bits per heavy atom. The average Bonchev–Trinajstić information content (AvgIpc) is 2.71. The highest BCUT2D eigenvalue weighted by atomic mass is 16.5. The highest BCUT2D eigenvalue weighted by Gasteiger charge is 2.47. The first-order valence-electron chi connectivity index (χ1n) is 5.45. The number of ether oxygens (including phenoxy) is 1. The lowest BCUT2D eigenvalue weighted by atomic mass is 10.0. The second-order valence-electron chi connectivity index (χ2n) is 4.24. The zero-order chi connectivity index (χ0) is 15.1. The number of nitrogens with zero attached hydrogens (tertiary/aromatic N) is 1. The van der Waals surface area contributed by atoms with Crippen LogP contribution in [0.5, 0.6) is 28.7 Å². The molecule has 1 aromatic carbocycles. The molecule has 0 heterocycles. The smallest absolute Gasteiger partial charge is 0.241 e. The summed E-state index contributed by atoms with van der Waals surface area (Å²) in [5, 5.41) is 65.7. The molecule has 0 saturated carbocycles. The molecule has 0 bridgehead atoms. The van der Waals surface area contributed by atoms with Crippen LogP contribution in [-0.4, -0.2) is 48.4 Å². The maximum Gasteiger partial charge on any atom is 0.241 e. The zero-order valence-corrected chi connectivity index (χ0v) is 9.93. The molecule has 106 valence electrons. The van der Waals surface area contributed by atoms with Crippen molar-refractivity contribution in [2.75, 3.05) is 0 Å². The van der Waals surface area contributed by atoms with E-state index in [1.807, 2.05) is 0 Å². The van der Waals surface area contributed by atoms with Crippen LogP contribution in [0.15, 0.2) is 18.2 Å². The van der Waals surface area contributed by atoms with E-state index >= 15 is 0 Å². The molecular weight excluding hydrogens is 270 g/mol. The van der Waals surface area contributed by atoms with Crippen LogP contribution in [0.2, 0.25) is 0 Å². The number of phenolic OH excluding ortho intramolecular Hbond substituents is 4. The molecule has 1 aliphatic rings. The van der Waals surface area contributed by atoms with Crippen LogP contribution in [0.25, 0.3) is 0 Å². The Bertz CT molecular complexity index is 621. The van der Waals surface area contributed by atoms with Crippen molar-refractivity contribution < 1.29 is 35.4 Å². The fourth-order valence-electron chi connectivity index (χ4n) is 1.79. The number of hydrogen-bond acceptors (Lipinski definition) is 8. The summed E-state index contributed by atoms with van der Waals surface area (Å²) in [5.41, 5.74) is -1.99. The minimum atomic E-state index is -1.99. The second kappa shape index (κ2) is 4.48. The summed E-state index contributed by atoms with van der Waals surface area (Å²) in [6, 6.07) is 2.39. The van der Waals surface area contributed by atoms with E-state index in [0.717, 1.165) is 18.2 Å². The topological polar surface area (TPSA) is 154 Å². The highest BCUT2D eigenvalue weighted by Crippen LogP contribution is 2.49. The van der Waals surface area contributed by atoms with Crippen molar-refractivity contribution >= 4 is 0 Å². The van der Waals surface area contributed by atoms with Crippen LogP contribution in [0, 0.1) is 11.3 Å². The summed E-state index contributed by atoms with van der Waals surface area (Å²) < 4.78 is 5.10. The van der Waals surface area contributed by atoms with E-state index in [1.165, 1.54) is 0 Å². The predicted molar refractivity (Wildman–Crippen MR) is 63.2 cm³/mol. The Balaban J connectivity index is 2.45. The maximum absolute atomic E-state index is 9.74. The first-order chi connectivity index (χ1) is 9.32. The Hall–Kier alpha value is -2.63.